The number of benzene rings is 2. The molecule has 3 aromatic rings. The lowest BCUT2D eigenvalue weighted by atomic mass is 10.0. The number of fused-ring (bicyclic) bond motifs is 2. The summed E-state index contributed by atoms with van der Waals surface area (Å²) in [6.45, 7) is 5.66. The van der Waals surface area contributed by atoms with Crippen molar-refractivity contribution in [1.82, 2.24) is 4.98 Å². The summed E-state index contributed by atoms with van der Waals surface area (Å²) in [6, 6.07) is 15.7. The molecule has 4 nitrogen and oxygen atoms in total. The lowest BCUT2D eigenvalue weighted by molar-refractivity contribution is -0.110. The molecule has 0 aliphatic carbocycles. The molecule has 0 fully saturated rings. The second-order valence-corrected chi connectivity index (χ2v) is 10.4. The van der Waals surface area contributed by atoms with Crippen LogP contribution in [-0.2, 0) is 9.36 Å². The van der Waals surface area contributed by atoms with Crippen molar-refractivity contribution in [2.75, 3.05) is 18.1 Å². The molecule has 1 N–H and O–H groups in total. The second kappa shape index (κ2) is 6.47. The molecular formula is C22H21N2O2P. The van der Waals surface area contributed by atoms with Gasteiger partial charge < -0.3 is 9.88 Å². The van der Waals surface area contributed by atoms with Gasteiger partial charge >= 0.3 is 0 Å². The number of rotatable bonds is 3. The monoisotopic (exact) mass is 376 g/mol. The summed E-state index contributed by atoms with van der Waals surface area (Å²) in [6.07, 6.45) is 2.37. The van der Waals surface area contributed by atoms with E-state index in [1.54, 1.807) is 6.66 Å². The maximum absolute atomic E-state index is 13.0. The number of carbonyl (C=O) groups excluding carboxylic acids is 1. The van der Waals surface area contributed by atoms with E-state index in [1.807, 2.05) is 68.5 Å². The molecule has 1 amide bonds. The first-order valence-electron chi connectivity index (χ1n) is 9.00. The molecule has 2 aromatic carbocycles. The number of para-hydroxylation sites is 1. The van der Waals surface area contributed by atoms with Gasteiger partial charge in [0, 0.05) is 22.4 Å². The lowest BCUT2D eigenvalue weighted by Gasteiger charge is -2.16. The zero-order chi connectivity index (χ0) is 19.2. The molecule has 0 saturated heterocycles. The van der Waals surface area contributed by atoms with Crippen LogP contribution < -0.4 is 10.6 Å². The minimum atomic E-state index is -2.52. The number of nitrogens with zero attached hydrogens (tertiary/aromatic N) is 1. The number of anilines is 1. The molecule has 136 valence electrons. The molecule has 0 saturated carbocycles. The molecule has 0 bridgehead atoms. The standard InChI is InChI=1S/C22H21N2O2P/c1-4-27(3,26)20-12-14(2)11-17-18(22(25)24-21(17)20)13-16-10-9-15-7-5-6-8-19(15)23-16/h5-13H,4H2,1-3H3,(H,24,25)/b18-13+. The Morgan fingerprint density at radius 3 is 2.70 bits per heavy atom. The summed E-state index contributed by atoms with van der Waals surface area (Å²) in [5.74, 6) is -0.178. The van der Waals surface area contributed by atoms with Crippen molar-refractivity contribution in [1.29, 1.82) is 0 Å². The fourth-order valence-corrected chi connectivity index (χ4v) is 4.88. The zero-order valence-electron chi connectivity index (χ0n) is 15.6. The van der Waals surface area contributed by atoms with E-state index in [9.17, 15) is 9.36 Å². The highest BCUT2D eigenvalue weighted by atomic mass is 31.2. The van der Waals surface area contributed by atoms with Gasteiger partial charge in [-0.25, -0.2) is 4.98 Å². The molecular weight excluding hydrogens is 355 g/mol. The number of amides is 1. The van der Waals surface area contributed by atoms with Crippen LogP contribution in [-0.4, -0.2) is 23.7 Å². The van der Waals surface area contributed by atoms with Crippen LogP contribution in [0.4, 0.5) is 5.69 Å². The number of hydrogen-bond donors (Lipinski definition) is 1. The second-order valence-electron chi connectivity index (χ2n) is 7.06. The molecule has 4 rings (SSSR count). The SMILES string of the molecule is CCP(C)(=O)c1cc(C)cc2c1NC(=O)/C2=C/c1ccc2ccccc2n1. The smallest absolute Gasteiger partial charge is 0.256 e. The summed E-state index contributed by atoms with van der Waals surface area (Å²) >= 11 is 0. The predicted molar refractivity (Wildman–Crippen MR) is 113 cm³/mol. The largest absolute Gasteiger partial charge is 0.321 e. The zero-order valence-corrected chi connectivity index (χ0v) is 16.5. The number of hydrogen-bond acceptors (Lipinski definition) is 3. The van der Waals surface area contributed by atoms with E-state index in [-0.39, 0.29) is 5.91 Å². The van der Waals surface area contributed by atoms with E-state index < -0.39 is 7.14 Å². The van der Waals surface area contributed by atoms with Gasteiger partial charge in [-0.05, 0) is 49.5 Å². The van der Waals surface area contributed by atoms with Gasteiger partial charge in [0.05, 0.1) is 22.5 Å². The van der Waals surface area contributed by atoms with Crippen molar-refractivity contribution < 1.29 is 9.36 Å². The van der Waals surface area contributed by atoms with Gasteiger partial charge in [-0.15, -0.1) is 0 Å². The van der Waals surface area contributed by atoms with E-state index in [0.717, 1.165) is 33.0 Å². The van der Waals surface area contributed by atoms with E-state index in [4.69, 9.17) is 0 Å². The highest BCUT2D eigenvalue weighted by Gasteiger charge is 2.31. The molecule has 2 heterocycles. The third-order valence-corrected chi connectivity index (χ3v) is 7.64. The van der Waals surface area contributed by atoms with Gasteiger partial charge in [0.2, 0.25) is 0 Å². The van der Waals surface area contributed by atoms with Gasteiger partial charge in [-0.1, -0.05) is 31.2 Å². The average Bonchev–Trinajstić information content (AvgIpc) is 2.96. The normalized spacial score (nSPS) is 17.0. The minimum Gasteiger partial charge on any atom is -0.321 e. The Morgan fingerprint density at radius 2 is 1.93 bits per heavy atom. The van der Waals surface area contributed by atoms with E-state index >= 15 is 0 Å². The Labute approximate surface area is 158 Å². The average molecular weight is 376 g/mol. The Bertz CT molecular complexity index is 1160. The predicted octanol–water partition coefficient (Wildman–Crippen LogP) is 4.67. The maximum Gasteiger partial charge on any atom is 0.256 e. The summed E-state index contributed by atoms with van der Waals surface area (Å²) in [7, 11) is -2.52. The van der Waals surface area contributed by atoms with Gasteiger partial charge in [0.15, 0.2) is 0 Å². The number of carbonyl (C=O) groups is 1. The fraction of sp³-hybridized carbons (Fsp3) is 0.182. The topological polar surface area (TPSA) is 59.1 Å². The highest BCUT2D eigenvalue weighted by Crippen LogP contribution is 2.46. The van der Waals surface area contributed by atoms with Gasteiger partial charge in [-0.2, -0.15) is 0 Å². The van der Waals surface area contributed by atoms with Crippen LogP contribution in [0, 0.1) is 6.92 Å². The van der Waals surface area contributed by atoms with E-state index in [1.165, 1.54) is 0 Å². The van der Waals surface area contributed by atoms with E-state index in [0.29, 0.717) is 17.4 Å². The first kappa shape index (κ1) is 17.7. The Morgan fingerprint density at radius 1 is 1.15 bits per heavy atom. The number of nitrogens with one attached hydrogen (secondary N) is 1. The molecule has 1 atom stereocenters. The number of aryl methyl sites for hydroxylation is 1. The van der Waals surface area contributed by atoms with Crippen LogP contribution >= 0.6 is 7.14 Å². The van der Waals surface area contributed by atoms with Crippen LogP contribution in [0.1, 0.15) is 23.7 Å². The van der Waals surface area contributed by atoms with Gasteiger partial charge in [0.1, 0.15) is 7.14 Å². The minimum absolute atomic E-state index is 0.178. The van der Waals surface area contributed by atoms with Crippen molar-refractivity contribution in [2.45, 2.75) is 13.8 Å². The third kappa shape index (κ3) is 3.11. The molecule has 5 heteroatoms. The van der Waals surface area contributed by atoms with Crippen molar-refractivity contribution in [3.05, 3.63) is 65.4 Å². The fourth-order valence-electron chi connectivity index (χ4n) is 3.41. The molecule has 1 aromatic heterocycles. The lowest BCUT2D eigenvalue weighted by Crippen LogP contribution is -2.14. The Balaban J connectivity index is 1.88. The first-order chi connectivity index (χ1) is 12.9. The van der Waals surface area contributed by atoms with Crippen LogP contribution in [0.25, 0.3) is 22.6 Å². The number of aromatic nitrogens is 1. The summed E-state index contributed by atoms with van der Waals surface area (Å²) in [5.41, 5.74) is 4.66. The Hall–Kier alpha value is -2.71. The quantitative estimate of drug-likeness (QED) is 0.534. The Kier molecular flexibility index (Phi) is 4.24. The maximum atomic E-state index is 13.0. The number of pyridine rings is 1. The summed E-state index contributed by atoms with van der Waals surface area (Å²) in [5, 5.41) is 4.75. The first-order valence-corrected chi connectivity index (χ1v) is 11.3. The summed E-state index contributed by atoms with van der Waals surface area (Å²) in [4.78, 5) is 17.3. The van der Waals surface area contributed by atoms with Crippen LogP contribution in [0.15, 0.2) is 48.5 Å². The van der Waals surface area contributed by atoms with E-state index in [2.05, 4.69) is 10.3 Å². The molecule has 1 unspecified atom stereocenters. The van der Waals surface area contributed by atoms with Crippen molar-refractivity contribution in [3.63, 3.8) is 0 Å². The van der Waals surface area contributed by atoms with Crippen LogP contribution in [0.2, 0.25) is 0 Å². The van der Waals surface area contributed by atoms with Crippen LogP contribution in [0.3, 0.4) is 0 Å². The highest BCUT2D eigenvalue weighted by molar-refractivity contribution is 7.71. The molecule has 0 spiro atoms. The van der Waals surface area contributed by atoms with Crippen LogP contribution in [0.5, 0.6) is 0 Å². The summed E-state index contributed by atoms with van der Waals surface area (Å²) < 4.78 is 13.0. The van der Waals surface area contributed by atoms with Gasteiger partial charge in [0.25, 0.3) is 5.91 Å². The third-order valence-electron chi connectivity index (χ3n) is 5.06. The van der Waals surface area contributed by atoms with Crippen molar-refractivity contribution in [3.8, 4) is 0 Å². The molecule has 0 radical (unpaired) electrons. The molecule has 1 aliphatic heterocycles. The van der Waals surface area contributed by atoms with Gasteiger partial charge in [-0.3, -0.25) is 4.79 Å². The van der Waals surface area contributed by atoms with Crippen molar-refractivity contribution in [2.24, 2.45) is 0 Å². The molecule has 1 aliphatic rings. The molecule has 27 heavy (non-hydrogen) atoms. The van der Waals surface area contributed by atoms with Crippen molar-refractivity contribution >= 4 is 46.6 Å².